The Labute approximate surface area is 229 Å². The summed E-state index contributed by atoms with van der Waals surface area (Å²) < 4.78 is 5.38. The number of unbranched alkanes of at least 4 members (excludes halogenated alkanes) is 5. The fourth-order valence-electron chi connectivity index (χ4n) is 4.04. The fraction of sp³-hybridized carbons (Fsp3) is 0.690. The van der Waals surface area contributed by atoms with E-state index in [2.05, 4.69) is 30.2 Å². The van der Waals surface area contributed by atoms with Gasteiger partial charge >= 0.3 is 6.09 Å². The fourth-order valence-corrected chi connectivity index (χ4v) is 4.28. The third-order valence-corrected chi connectivity index (χ3v) is 6.41. The van der Waals surface area contributed by atoms with Crippen LogP contribution >= 0.6 is 12.6 Å². The predicted octanol–water partition coefficient (Wildman–Crippen LogP) is 5.88. The van der Waals surface area contributed by atoms with Gasteiger partial charge in [0.1, 0.15) is 17.7 Å². The quantitative estimate of drug-likeness (QED) is 0.205. The summed E-state index contributed by atoms with van der Waals surface area (Å²) in [5.41, 5.74) is 2.20. The van der Waals surface area contributed by atoms with Gasteiger partial charge < -0.3 is 20.3 Å². The Balaban J connectivity index is 3.36. The molecule has 0 aliphatic heterocycles. The number of hydrogen-bond acceptors (Lipinski definition) is 5. The van der Waals surface area contributed by atoms with Crippen LogP contribution in [0.4, 0.5) is 4.79 Å². The van der Waals surface area contributed by atoms with Gasteiger partial charge in [0.05, 0.1) is 0 Å². The van der Waals surface area contributed by atoms with E-state index in [4.69, 9.17) is 4.74 Å². The maximum absolute atomic E-state index is 13.9. The Morgan fingerprint density at radius 2 is 1.59 bits per heavy atom. The average Bonchev–Trinajstić information content (AvgIpc) is 2.78. The van der Waals surface area contributed by atoms with Crippen LogP contribution in [-0.4, -0.2) is 52.8 Å². The molecular weight excluding hydrogens is 486 g/mol. The largest absolute Gasteiger partial charge is 0.444 e. The molecule has 0 spiro atoms. The van der Waals surface area contributed by atoms with E-state index in [1.54, 1.807) is 25.7 Å². The van der Waals surface area contributed by atoms with E-state index in [9.17, 15) is 14.4 Å². The number of amides is 3. The Kier molecular flexibility index (Phi) is 14.1. The molecule has 37 heavy (non-hydrogen) atoms. The summed E-state index contributed by atoms with van der Waals surface area (Å²) in [6.07, 6.45) is 5.61. The first-order valence-electron chi connectivity index (χ1n) is 13.6. The Morgan fingerprint density at radius 3 is 2.14 bits per heavy atom. The zero-order chi connectivity index (χ0) is 28.2. The minimum absolute atomic E-state index is 0.0799. The van der Waals surface area contributed by atoms with Crippen molar-refractivity contribution in [3.05, 3.63) is 34.9 Å². The van der Waals surface area contributed by atoms with Crippen molar-refractivity contribution in [1.29, 1.82) is 0 Å². The van der Waals surface area contributed by atoms with Crippen molar-refractivity contribution in [3.63, 3.8) is 0 Å². The molecule has 1 aromatic carbocycles. The average molecular weight is 536 g/mol. The minimum Gasteiger partial charge on any atom is -0.444 e. The van der Waals surface area contributed by atoms with Crippen molar-refractivity contribution in [2.45, 2.75) is 118 Å². The lowest BCUT2D eigenvalue weighted by Crippen LogP contribution is -2.54. The number of thiol groups is 1. The number of nitrogens with zero attached hydrogens (tertiary/aromatic N) is 1. The monoisotopic (exact) mass is 535 g/mol. The van der Waals surface area contributed by atoms with Crippen LogP contribution in [0.25, 0.3) is 0 Å². The highest BCUT2D eigenvalue weighted by atomic mass is 32.1. The van der Waals surface area contributed by atoms with E-state index in [1.807, 2.05) is 45.9 Å². The number of nitrogens with one attached hydrogen (secondary N) is 2. The molecule has 0 saturated carbocycles. The van der Waals surface area contributed by atoms with Crippen molar-refractivity contribution >= 4 is 30.5 Å². The maximum Gasteiger partial charge on any atom is 0.408 e. The number of benzene rings is 1. The molecule has 0 fully saturated rings. The molecule has 8 heteroatoms. The zero-order valence-electron chi connectivity index (χ0n) is 24.1. The molecule has 7 nitrogen and oxygen atoms in total. The summed E-state index contributed by atoms with van der Waals surface area (Å²) in [6, 6.07) is 4.01. The molecular formula is C29H49N3O4S. The normalized spacial score (nSPS) is 13.1. The van der Waals surface area contributed by atoms with Gasteiger partial charge in [-0.2, -0.15) is 12.6 Å². The molecule has 0 radical (unpaired) electrons. The summed E-state index contributed by atoms with van der Waals surface area (Å²) >= 11 is 4.36. The molecule has 2 unspecified atom stereocenters. The molecule has 0 bridgehead atoms. The third-order valence-electron chi connectivity index (χ3n) is 6.04. The second-order valence-electron chi connectivity index (χ2n) is 11.1. The Morgan fingerprint density at radius 1 is 0.973 bits per heavy atom. The molecule has 0 saturated heterocycles. The van der Waals surface area contributed by atoms with Gasteiger partial charge in [-0.05, 0) is 71.6 Å². The molecule has 210 valence electrons. The third kappa shape index (κ3) is 11.8. The molecule has 0 aromatic heterocycles. The summed E-state index contributed by atoms with van der Waals surface area (Å²) in [4.78, 5) is 41.6. The van der Waals surface area contributed by atoms with Crippen LogP contribution in [0.15, 0.2) is 18.2 Å². The SMILES string of the molecule is CCCCCCCCN(C(=O)C(CS)NC(=O)OC(C)(C)C)C(C(=O)NC(C)C)c1ccc(C)c(C)c1. The predicted molar refractivity (Wildman–Crippen MR) is 154 cm³/mol. The van der Waals surface area contributed by atoms with Crippen molar-refractivity contribution < 1.29 is 19.1 Å². The first-order valence-corrected chi connectivity index (χ1v) is 14.2. The van der Waals surface area contributed by atoms with Crippen molar-refractivity contribution in [3.8, 4) is 0 Å². The van der Waals surface area contributed by atoms with Crippen molar-refractivity contribution in [2.24, 2.45) is 0 Å². The molecule has 1 aromatic rings. The topological polar surface area (TPSA) is 87.7 Å². The van der Waals surface area contributed by atoms with Gasteiger partial charge in [-0.25, -0.2) is 4.79 Å². The van der Waals surface area contributed by atoms with E-state index >= 15 is 0 Å². The highest BCUT2D eigenvalue weighted by Gasteiger charge is 2.36. The number of ether oxygens (including phenoxy) is 1. The van der Waals surface area contributed by atoms with Gasteiger partial charge in [0.2, 0.25) is 11.8 Å². The number of carbonyl (C=O) groups is 3. The zero-order valence-corrected chi connectivity index (χ0v) is 25.0. The molecule has 1 rings (SSSR count). The van der Waals surface area contributed by atoms with Gasteiger partial charge in [-0.1, -0.05) is 57.2 Å². The highest BCUT2D eigenvalue weighted by molar-refractivity contribution is 7.80. The van der Waals surface area contributed by atoms with Gasteiger partial charge in [0, 0.05) is 18.3 Å². The molecule has 0 aliphatic rings. The maximum atomic E-state index is 13.9. The number of aryl methyl sites for hydroxylation is 2. The van der Waals surface area contributed by atoms with Crippen molar-refractivity contribution in [2.75, 3.05) is 12.3 Å². The van der Waals surface area contributed by atoms with Crippen LogP contribution in [-0.2, 0) is 14.3 Å². The summed E-state index contributed by atoms with van der Waals surface area (Å²) in [7, 11) is 0. The minimum atomic E-state index is -0.931. The molecule has 3 amide bonds. The van der Waals surface area contributed by atoms with E-state index in [0.717, 1.165) is 48.8 Å². The van der Waals surface area contributed by atoms with Crippen LogP contribution in [0.2, 0.25) is 0 Å². The molecule has 2 N–H and O–H groups in total. The number of hydrogen-bond donors (Lipinski definition) is 3. The van der Waals surface area contributed by atoms with Crippen LogP contribution in [0.3, 0.4) is 0 Å². The van der Waals surface area contributed by atoms with E-state index in [-0.39, 0.29) is 23.6 Å². The van der Waals surface area contributed by atoms with Gasteiger partial charge in [0.25, 0.3) is 0 Å². The summed E-state index contributed by atoms with van der Waals surface area (Å²) in [5, 5.41) is 5.66. The van der Waals surface area contributed by atoms with Crippen LogP contribution in [0.1, 0.15) is 103 Å². The Hall–Kier alpha value is -2.22. The standard InChI is InChI=1S/C29H49N3O4S/c1-9-10-11-12-13-14-17-32(27(34)24(19-37)31-28(35)36-29(6,7)8)25(26(33)30-20(2)3)23-16-15-21(4)22(5)18-23/h15-16,18,20,24-25,37H,9-14,17,19H2,1-8H3,(H,30,33)(H,31,35). The lowest BCUT2D eigenvalue weighted by Gasteiger charge is -2.35. The smallest absolute Gasteiger partial charge is 0.408 e. The van der Waals surface area contributed by atoms with Gasteiger partial charge in [-0.15, -0.1) is 0 Å². The molecule has 0 aliphatic carbocycles. The number of rotatable bonds is 14. The Bertz CT molecular complexity index is 882. The van der Waals surface area contributed by atoms with Gasteiger partial charge in [0.15, 0.2) is 0 Å². The molecule has 2 atom stereocenters. The summed E-state index contributed by atoms with van der Waals surface area (Å²) in [5.74, 6) is -0.513. The summed E-state index contributed by atoms with van der Waals surface area (Å²) in [6.45, 7) is 15.7. The van der Waals surface area contributed by atoms with Crippen LogP contribution in [0.5, 0.6) is 0 Å². The number of carbonyl (C=O) groups excluding carboxylic acids is 3. The lowest BCUT2D eigenvalue weighted by atomic mass is 9.98. The van der Waals surface area contributed by atoms with Gasteiger partial charge in [-0.3, -0.25) is 9.59 Å². The first kappa shape index (κ1) is 32.8. The van der Waals surface area contributed by atoms with E-state index in [0.29, 0.717) is 6.54 Å². The second kappa shape index (κ2) is 15.9. The molecule has 0 heterocycles. The van der Waals surface area contributed by atoms with Crippen molar-refractivity contribution in [1.82, 2.24) is 15.5 Å². The number of alkyl carbamates (subject to hydrolysis) is 1. The lowest BCUT2D eigenvalue weighted by molar-refractivity contribution is -0.142. The first-order chi connectivity index (χ1) is 17.3. The van der Waals surface area contributed by atoms with E-state index < -0.39 is 23.8 Å². The van der Waals surface area contributed by atoms with E-state index in [1.165, 1.54) is 6.42 Å². The highest BCUT2D eigenvalue weighted by Crippen LogP contribution is 2.26. The van der Waals surface area contributed by atoms with Crippen LogP contribution in [0, 0.1) is 13.8 Å². The van der Waals surface area contributed by atoms with Crippen LogP contribution < -0.4 is 10.6 Å². The second-order valence-corrected chi connectivity index (χ2v) is 11.5.